The summed E-state index contributed by atoms with van der Waals surface area (Å²) in [6.45, 7) is 7.73. The summed E-state index contributed by atoms with van der Waals surface area (Å²) in [5, 5.41) is 4.48. The lowest BCUT2D eigenvalue weighted by molar-refractivity contribution is 0.0923. The quantitative estimate of drug-likeness (QED) is 0.898. The van der Waals surface area contributed by atoms with Gasteiger partial charge < -0.3 is 5.32 Å². The summed E-state index contributed by atoms with van der Waals surface area (Å²) >= 11 is 7.28. The van der Waals surface area contributed by atoms with Crippen LogP contribution >= 0.6 is 22.9 Å². The molecule has 0 aliphatic heterocycles. The number of benzene rings is 1. The SMILES string of the molecule is Cc1nc(-c2ccc(Cl)cc2)sc1C(=O)NC(C)(C)C. The van der Waals surface area contributed by atoms with Gasteiger partial charge in [0.1, 0.15) is 9.88 Å². The second-order valence-electron chi connectivity index (χ2n) is 5.64. The van der Waals surface area contributed by atoms with Crippen molar-refractivity contribution in [2.75, 3.05) is 0 Å². The lowest BCUT2D eigenvalue weighted by atomic mass is 10.1. The molecule has 0 unspecified atom stereocenters. The fourth-order valence-electron chi connectivity index (χ4n) is 1.72. The van der Waals surface area contributed by atoms with Crippen molar-refractivity contribution >= 4 is 28.8 Å². The largest absolute Gasteiger partial charge is 0.347 e. The number of aromatic nitrogens is 1. The van der Waals surface area contributed by atoms with Crippen molar-refractivity contribution in [2.24, 2.45) is 0 Å². The summed E-state index contributed by atoms with van der Waals surface area (Å²) in [5.74, 6) is -0.0762. The maximum absolute atomic E-state index is 12.2. The van der Waals surface area contributed by atoms with E-state index < -0.39 is 0 Å². The minimum absolute atomic E-state index is 0.0762. The van der Waals surface area contributed by atoms with Crippen molar-refractivity contribution in [3.8, 4) is 10.6 Å². The number of carbonyl (C=O) groups excluding carboxylic acids is 1. The maximum Gasteiger partial charge on any atom is 0.263 e. The van der Waals surface area contributed by atoms with Gasteiger partial charge >= 0.3 is 0 Å². The van der Waals surface area contributed by atoms with E-state index in [1.807, 2.05) is 52.0 Å². The number of amides is 1. The molecule has 0 bridgehead atoms. The zero-order valence-electron chi connectivity index (χ0n) is 12.0. The Morgan fingerprint density at radius 2 is 1.85 bits per heavy atom. The molecular weight excluding hydrogens is 292 g/mol. The number of rotatable bonds is 2. The second kappa shape index (κ2) is 5.54. The van der Waals surface area contributed by atoms with E-state index in [4.69, 9.17) is 11.6 Å². The molecule has 0 fully saturated rings. The summed E-state index contributed by atoms with van der Waals surface area (Å²) in [6, 6.07) is 7.46. The lowest BCUT2D eigenvalue weighted by Crippen LogP contribution is -2.40. The molecule has 106 valence electrons. The molecule has 0 aliphatic rings. The van der Waals surface area contributed by atoms with Gasteiger partial charge in [-0.1, -0.05) is 23.7 Å². The Morgan fingerprint density at radius 3 is 2.40 bits per heavy atom. The first-order chi connectivity index (χ1) is 9.26. The van der Waals surface area contributed by atoms with Gasteiger partial charge in [-0.25, -0.2) is 4.98 Å². The van der Waals surface area contributed by atoms with Crippen LogP contribution in [0.1, 0.15) is 36.1 Å². The van der Waals surface area contributed by atoms with Crippen LogP contribution in [0.4, 0.5) is 0 Å². The van der Waals surface area contributed by atoms with Crippen LogP contribution in [-0.2, 0) is 0 Å². The molecule has 0 aliphatic carbocycles. The highest BCUT2D eigenvalue weighted by Crippen LogP contribution is 2.29. The van der Waals surface area contributed by atoms with Gasteiger partial charge in [0.2, 0.25) is 0 Å². The summed E-state index contributed by atoms with van der Waals surface area (Å²) < 4.78 is 0. The predicted octanol–water partition coefficient (Wildman–Crippen LogP) is 4.30. The van der Waals surface area contributed by atoms with Crippen LogP contribution in [0.25, 0.3) is 10.6 Å². The second-order valence-corrected chi connectivity index (χ2v) is 7.08. The smallest absolute Gasteiger partial charge is 0.263 e. The van der Waals surface area contributed by atoms with E-state index in [0.29, 0.717) is 9.90 Å². The number of thiazole rings is 1. The van der Waals surface area contributed by atoms with Crippen LogP contribution in [0, 0.1) is 6.92 Å². The van der Waals surface area contributed by atoms with Crippen molar-refractivity contribution in [1.82, 2.24) is 10.3 Å². The Balaban J connectivity index is 2.30. The van der Waals surface area contributed by atoms with Gasteiger partial charge in [0.15, 0.2) is 0 Å². The van der Waals surface area contributed by atoms with Crippen molar-refractivity contribution in [3.05, 3.63) is 39.9 Å². The number of carbonyl (C=O) groups is 1. The van der Waals surface area contributed by atoms with E-state index in [1.165, 1.54) is 11.3 Å². The topological polar surface area (TPSA) is 42.0 Å². The molecule has 1 aromatic carbocycles. The highest BCUT2D eigenvalue weighted by atomic mass is 35.5. The Hall–Kier alpha value is -1.39. The van der Waals surface area contributed by atoms with Gasteiger partial charge in [-0.15, -0.1) is 11.3 Å². The molecule has 2 rings (SSSR count). The number of halogens is 1. The third-order valence-electron chi connectivity index (χ3n) is 2.58. The highest BCUT2D eigenvalue weighted by Gasteiger charge is 2.20. The predicted molar refractivity (Wildman–Crippen MR) is 84.5 cm³/mol. The van der Waals surface area contributed by atoms with Gasteiger partial charge in [0.25, 0.3) is 5.91 Å². The van der Waals surface area contributed by atoms with Crippen LogP contribution < -0.4 is 5.32 Å². The van der Waals surface area contributed by atoms with Gasteiger partial charge in [-0.05, 0) is 39.8 Å². The zero-order chi connectivity index (χ0) is 14.9. The molecule has 0 atom stereocenters. The van der Waals surface area contributed by atoms with E-state index in [-0.39, 0.29) is 11.4 Å². The number of aryl methyl sites for hydroxylation is 1. The van der Waals surface area contributed by atoms with Crippen LogP contribution in [0.15, 0.2) is 24.3 Å². The van der Waals surface area contributed by atoms with E-state index in [9.17, 15) is 4.79 Å². The summed E-state index contributed by atoms with van der Waals surface area (Å²) in [6.07, 6.45) is 0. The monoisotopic (exact) mass is 308 g/mol. The summed E-state index contributed by atoms with van der Waals surface area (Å²) in [7, 11) is 0. The van der Waals surface area contributed by atoms with E-state index >= 15 is 0 Å². The van der Waals surface area contributed by atoms with E-state index in [1.54, 1.807) is 0 Å². The Labute approximate surface area is 128 Å². The molecule has 20 heavy (non-hydrogen) atoms. The molecule has 1 heterocycles. The first-order valence-corrected chi connectivity index (χ1v) is 7.51. The Kier molecular flexibility index (Phi) is 4.16. The molecule has 0 spiro atoms. The highest BCUT2D eigenvalue weighted by molar-refractivity contribution is 7.17. The van der Waals surface area contributed by atoms with E-state index in [0.717, 1.165) is 16.3 Å². The van der Waals surface area contributed by atoms with Crippen molar-refractivity contribution in [2.45, 2.75) is 33.2 Å². The number of hydrogen-bond acceptors (Lipinski definition) is 3. The molecule has 0 radical (unpaired) electrons. The molecule has 3 nitrogen and oxygen atoms in total. The summed E-state index contributed by atoms with van der Waals surface area (Å²) in [4.78, 5) is 17.4. The Bertz CT molecular complexity index is 626. The van der Waals surface area contributed by atoms with Gasteiger partial charge in [-0.3, -0.25) is 4.79 Å². The maximum atomic E-state index is 12.2. The third kappa shape index (κ3) is 3.58. The first-order valence-electron chi connectivity index (χ1n) is 6.32. The van der Waals surface area contributed by atoms with Gasteiger partial charge in [0, 0.05) is 16.1 Å². The minimum atomic E-state index is -0.256. The van der Waals surface area contributed by atoms with Gasteiger partial charge in [-0.2, -0.15) is 0 Å². The molecule has 2 aromatic rings. The molecule has 1 amide bonds. The molecule has 1 N–H and O–H groups in total. The minimum Gasteiger partial charge on any atom is -0.347 e. The van der Waals surface area contributed by atoms with Gasteiger partial charge in [0.05, 0.1) is 5.69 Å². The molecular formula is C15H17ClN2OS. The van der Waals surface area contributed by atoms with Crippen LogP contribution in [0.3, 0.4) is 0 Å². The standard InChI is InChI=1S/C15H17ClN2OS/c1-9-12(13(19)18-15(2,3)4)20-14(17-9)10-5-7-11(16)8-6-10/h5-8H,1-4H3,(H,18,19). The molecule has 5 heteroatoms. The average molecular weight is 309 g/mol. The Morgan fingerprint density at radius 1 is 1.25 bits per heavy atom. The fraction of sp³-hybridized carbons (Fsp3) is 0.333. The van der Waals surface area contributed by atoms with Crippen LogP contribution in [-0.4, -0.2) is 16.4 Å². The zero-order valence-corrected chi connectivity index (χ0v) is 13.5. The molecule has 0 saturated heterocycles. The number of nitrogens with zero attached hydrogens (tertiary/aromatic N) is 1. The molecule has 0 saturated carbocycles. The van der Waals surface area contributed by atoms with Crippen LogP contribution in [0.5, 0.6) is 0 Å². The summed E-state index contributed by atoms with van der Waals surface area (Å²) in [5.41, 5.74) is 1.47. The fourth-order valence-corrected chi connectivity index (χ4v) is 2.81. The number of hydrogen-bond donors (Lipinski definition) is 1. The van der Waals surface area contributed by atoms with Crippen molar-refractivity contribution in [1.29, 1.82) is 0 Å². The van der Waals surface area contributed by atoms with Crippen molar-refractivity contribution in [3.63, 3.8) is 0 Å². The van der Waals surface area contributed by atoms with E-state index in [2.05, 4.69) is 10.3 Å². The van der Waals surface area contributed by atoms with Crippen molar-refractivity contribution < 1.29 is 4.79 Å². The number of nitrogens with one attached hydrogen (secondary N) is 1. The lowest BCUT2D eigenvalue weighted by Gasteiger charge is -2.19. The first kappa shape index (κ1) is 15.0. The van der Waals surface area contributed by atoms with Crippen LogP contribution in [0.2, 0.25) is 5.02 Å². The molecule has 1 aromatic heterocycles. The normalized spacial score (nSPS) is 11.4. The third-order valence-corrected chi connectivity index (χ3v) is 4.04. The average Bonchev–Trinajstić information content (AvgIpc) is 2.70.